The normalized spacial score (nSPS) is 8.20. The van der Waals surface area contributed by atoms with Crippen molar-refractivity contribution in [1.82, 2.24) is 0 Å². The summed E-state index contributed by atoms with van der Waals surface area (Å²) in [4.78, 5) is 2.05. The molecule has 0 unspecified atom stereocenters. The predicted octanol–water partition coefficient (Wildman–Crippen LogP) is 1.55. The maximum Gasteiger partial charge on any atom is 0.0367 e. The Balaban J connectivity index is 0.000000810. The fourth-order valence-corrected chi connectivity index (χ4v) is 0.662. The zero-order valence-electron chi connectivity index (χ0n) is 6.46. The molecule has 0 amide bonds. The average molecular weight is 186 g/mol. The molecule has 0 spiro atoms. The molecule has 1 nitrogen and oxygen atoms in total. The van der Waals surface area contributed by atoms with Crippen LogP contribution in [0.5, 0.6) is 0 Å². The molecule has 0 fully saturated rings. The minimum atomic E-state index is 0. The van der Waals surface area contributed by atoms with Crippen molar-refractivity contribution in [3.8, 4) is 0 Å². The zero-order chi connectivity index (χ0) is 6.69. The molecule has 1 aromatic rings. The van der Waals surface area contributed by atoms with E-state index in [1.807, 2.05) is 32.3 Å². The summed E-state index contributed by atoms with van der Waals surface area (Å²) in [5, 5.41) is 0. The van der Waals surface area contributed by atoms with Gasteiger partial charge in [-0.15, -0.1) is 0 Å². The van der Waals surface area contributed by atoms with Crippen LogP contribution in [0.25, 0.3) is 0 Å². The second-order valence-corrected chi connectivity index (χ2v) is 2.16. The van der Waals surface area contributed by atoms with Crippen LogP contribution in [0.4, 0.5) is 5.69 Å². The van der Waals surface area contributed by atoms with Crippen LogP contribution in [0, 0.1) is 6.07 Å². The Morgan fingerprint density at radius 3 is 2.40 bits per heavy atom. The summed E-state index contributed by atoms with van der Waals surface area (Å²) in [5.74, 6) is 0. The van der Waals surface area contributed by atoms with E-state index in [4.69, 9.17) is 0 Å². The molecule has 0 saturated carbocycles. The third-order valence-corrected chi connectivity index (χ3v) is 1.21. The topological polar surface area (TPSA) is 3.24 Å². The van der Waals surface area contributed by atoms with Crippen LogP contribution in [-0.2, 0) is 19.5 Å². The molecule has 1 aromatic carbocycles. The molecule has 0 aliphatic heterocycles. The molecule has 10 heavy (non-hydrogen) atoms. The van der Waals surface area contributed by atoms with Gasteiger partial charge >= 0.3 is 0 Å². The van der Waals surface area contributed by atoms with Gasteiger partial charge in [-0.3, -0.25) is 0 Å². The van der Waals surface area contributed by atoms with Crippen molar-refractivity contribution in [3.63, 3.8) is 0 Å². The van der Waals surface area contributed by atoms with Crippen molar-refractivity contribution < 1.29 is 19.5 Å². The molecule has 0 heterocycles. The largest absolute Gasteiger partial charge is 0.378 e. The van der Waals surface area contributed by atoms with Crippen LogP contribution in [0.15, 0.2) is 24.3 Å². The van der Waals surface area contributed by atoms with Crippen molar-refractivity contribution in [3.05, 3.63) is 30.3 Å². The predicted molar refractivity (Wildman–Crippen MR) is 39.6 cm³/mol. The first-order valence-corrected chi connectivity index (χ1v) is 2.94. The van der Waals surface area contributed by atoms with E-state index in [0.717, 1.165) is 0 Å². The van der Waals surface area contributed by atoms with Gasteiger partial charge in [0.15, 0.2) is 0 Å². The van der Waals surface area contributed by atoms with E-state index < -0.39 is 0 Å². The molecule has 0 aliphatic rings. The van der Waals surface area contributed by atoms with Crippen LogP contribution >= 0.6 is 0 Å². The Morgan fingerprint density at radius 2 is 2.10 bits per heavy atom. The molecular weight excluding hydrogens is 175 g/mol. The molecule has 0 bridgehead atoms. The molecule has 1 radical (unpaired) electrons. The summed E-state index contributed by atoms with van der Waals surface area (Å²) >= 11 is 0. The zero-order valence-corrected chi connectivity index (χ0v) is 9.43. The van der Waals surface area contributed by atoms with E-state index in [1.165, 1.54) is 5.69 Å². The van der Waals surface area contributed by atoms with Crippen molar-refractivity contribution in [1.29, 1.82) is 0 Å². The van der Waals surface area contributed by atoms with E-state index in [0.29, 0.717) is 0 Å². The Kier molecular flexibility index (Phi) is 4.30. The third-order valence-electron chi connectivity index (χ3n) is 1.21. The minimum absolute atomic E-state index is 0. The minimum Gasteiger partial charge on any atom is -0.378 e. The Bertz CT molecular complexity index is 172. The van der Waals surface area contributed by atoms with E-state index in [1.54, 1.807) is 0 Å². The third kappa shape index (κ3) is 2.49. The van der Waals surface area contributed by atoms with Gasteiger partial charge in [0.25, 0.3) is 0 Å². The summed E-state index contributed by atoms with van der Waals surface area (Å²) < 4.78 is 0. The molecule has 0 aromatic heterocycles. The Labute approximate surface area is 74.8 Å². The van der Waals surface area contributed by atoms with Crippen LogP contribution in [0.3, 0.4) is 0 Å². The van der Waals surface area contributed by atoms with Gasteiger partial charge in [-0.1, -0.05) is 12.1 Å². The number of benzene rings is 1. The summed E-state index contributed by atoms with van der Waals surface area (Å²) in [6, 6.07) is 10.9. The smallest absolute Gasteiger partial charge is 0.0367 e. The molecule has 1 rings (SSSR count). The molecule has 49 valence electrons. The van der Waals surface area contributed by atoms with Crippen LogP contribution in [-0.4, -0.2) is 14.1 Å². The second kappa shape index (κ2) is 4.46. The molecule has 0 aliphatic carbocycles. The molecular formula is C8H10NZn. The molecule has 0 atom stereocenters. The standard InChI is InChI=1S/C8H10N.Zn/c1-9(2)8-6-4-3-5-7-8;/h3-4,6-7H,1-2H3;. The second-order valence-electron chi connectivity index (χ2n) is 2.16. The fraction of sp³-hybridized carbons (Fsp3) is 0.250. The van der Waals surface area contributed by atoms with Crippen molar-refractivity contribution >= 4 is 5.69 Å². The monoisotopic (exact) mass is 184 g/mol. The quantitative estimate of drug-likeness (QED) is 0.600. The maximum atomic E-state index is 3.00. The van der Waals surface area contributed by atoms with Gasteiger partial charge in [0.1, 0.15) is 0 Å². The van der Waals surface area contributed by atoms with Gasteiger partial charge in [-0.05, 0) is 18.2 Å². The first kappa shape index (κ1) is 9.64. The van der Waals surface area contributed by atoms with E-state index in [-0.39, 0.29) is 19.5 Å². The average Bonchev–Trinajstić information content (AvgIpc) is 1.90. The summed E-state index contributed by atoms with van der Waals surface area (Å²) in [6.45, 7) is 0. The van der Waals surface area contributed by atoms with E-state index in [9.17, 15) is 0 Å². The number of rotatable bonds is 1. The molecule has 0 saturated heterocycles. The van der Waals surface area contributed by atoms with E-state index in [2.05, 4.69) is 17.0 Å². The summed E-state index contributed by atoms with van der Waals surface area (Å²) in [6.07, 6.45) is 0. The van der Waals surface area contributed by atoms with E-state index >= 15 is 0 Å². The van der Waals surface area contributed by atoms with Gasteiger partial charge in [0.2, 0.25) is 0 Å². The van der Waals surface area contributed by atoms with Gasteiger partial charge in [0.05, 0.1) is 0 Å². The molecule has 0 N–H and O–H groups in total. The first-order chi connectivity index (χ1) is 4.30. The number of nitrogens with zero attached hydrogens (tertiary/aromatic N) is 1. The first-order valence-electron chi connectivity index (χ1n) is 2.94. The van der Waals surface area contributed by atoms with Crippen molar-refractivity contribution in [2.45, 2.75) is 0 Å². The summed E-state index contributed by atoms with van der Waals surface area (Å²) in [7, 11) is 4.03. The van der Waals surface area contributed by atoms with Gasteiger partial charge in [-0.2, -0.15) is 0 Å². The molecule has 2 heteroatoms. The van der Waals surface area contributed by atoms with Crippen molar-refractivity contribution in [2.24, 2.45) is 0 Å². The SMILES string of the molecule is CN(C)c1c[c]ccc1.[Zn]. The number of hydrogen-bond donors (Lipinski definition) is 0. The van der Waals surface area contributed by atoms with Crippen molar-refractivity contribution in [2.75, 3.05) is 19.0 Å². The number of anilines is 1. The number of hydrogen-bond acceptors (Lipinski definition) is 1. The fourth-order valence-electron chi connectivity index (χ4n) is 0.662. The summed E-state index contributed by atoms with van der Waals surface area (Å²) in [5.41, 5.74) is 1.19. The Morgan fingerprint density at radius 1 is 1.40 bits per heavy atom. The Hall–Kier alpha value is -0.357. The van der Waals surface area contributed by atoms with Gasteiger partial charge < -0.3 is 4.90 Å². The van der Waals surface area contributed by atoms with Gasteiger partial charge in [0, 0.05) is 39.3 Å². The maximum absolute atomic E-state index is 3.00. The van der Waals surface area contributed by atoms with Gasteiger partial charge in [-0.25, -0.2) is 0 Å². The van der Waals surface area contributed by atoms with Crippen LogP contribution < -0.4 is 4.90 Å². The van der Waals surface area contributed by atoms with Crippen LogP contribution in [0.1, 0.15) is 0 Å². The van der Waals surface area contributed by atoms with Crippen LogP contribution in [0.2, 0.25) is 0 Å².